The van der Waals surface area contributed by atoms with Gasteiger partial charge in [0.2, 0.25) is 6.29 Å². The van der Waals surface area contributed by atoms with E-state index in [0.717, 1.165) is 31.6 Å². The topological polar surface area (TPSA) is 31.6 Å². The third kappa shape index (κ3) is 2.47. The summed E-state index contributed by atoms with van der Waals surface area (Å²) < 4.78 is 17.0. The highest BCUT2D eigenvalue weighted by Crippen LogP contribution is 2.32. The Kier molecular flexibility index (Phi) is 4.02. The minimum atomic E-state index is -0.311. The molecule has 1 aliphatic rings. The van der Waals surface area contributed by atoms with Gasteiger partial charge in [-0.3, -0.25) is 0 Å². The predicted molar refractivity (Wildman–Crippen MR) is 61.0 cm³/mol. The lowest BCUT2D eigenvalue weighted by Crippen LogP contribution is -2.35. The van der Waals surface area contributed by atoms with E-state index in [1.165, 1.54) is 0 Å². The normalized spacial score (nSPS) is 30.5. The molecule has 1 saturated heterocycles. The van der Waals surface area contributed by atoms with Gasteiger partial charge in [-0.05, 0) is 25.0 Å². The van der Waals surface area contributed by atoms with Crippen LogP contribution in [0.5, 0.6) is 0 Å². The average molecular weight is 224 g/mol. The second-order valence-corrected chi connectivity index (χ2v) is 4.31. The fourth-order valence-electron chi connectivity index (χ4n) is 2.17. The Morgan fingerprint density at radius 1 is 1.38 bits per heavy atom. The summed E-state index contributed by atoms with van der Waals surface area (Å²) in [5, 5.41) is 0. The van der Waals surface area contributed by atoms with E-state index in [1.807, 2.05) is 12.1 Å². The van der Waals surface area contributed by atoms with Crippen LogP contribution in [0.1, 0.15) is 45.2 Å². The molecular weight excluding hydrogens is 204 g/mol. The van der Waals surface area contributed by atoms with Gasteiger partial charge in [0.05, 0.1) is 19.0 Å². The van der Waals surface area contributed by atoms with Gasteiger partial charge in [0, 0.05) is 5.92 Å². The summed E-state index contributed by atoms with van der Waals surface area (Å²) in [6, 6.07) is 3.77. The van der Waals surface area contributed by atoms with Crippen LogP contribution in [0.2, 0.25) is 0 Å². The van der Waals surface area contributed by atoms with E-state index < -0.39 is 0 Å². The maximum absolute atomic E-state index is 5.96. The molecule has 0 N–H and O–H groups in total. The van der Waals surface area contributed by atoms with Gasteiger partial charge in [0.1, 0.15) is 0 Å². The van der Waals surface area contributed by atoms with E-state index in [9.17, 15) is 0 Å². The smallest absolute Gasteiger partial charge is 0.217 e. The zero-order valence-electron chi connectivity index (χ0n) is 10.0. The highest BCUT2D eigenvalue weighted by Gasteiger charge is 2.32. The lowest BCUT2D eigenvalue weighted by Gasteiger charge is -2.35. The summed E-state index contributed by atoms with van der Waals surface area (Å²) in [6.45, 7) is 5.15. The molecule has 0 spiro atoms. The fraction of sp³-hybridized carbons (Fsp3) is 0.692. The number of rotatable bonds is 4. The molecule has 1 aromatic heterocycles. The molecule has 0 aromatic carbocycles. The second-order valence-electron chi connectivity index (χ2n) is 4.31. The summed E-state index contributed by atoms with van der Waals surface area (Å²) in [7, 11) is 0. The van der Waals surface area contributed by atoms with Crippen molar-refractivity contribution in [2.75, 3.05) is 6.61 Å². The fourth-order valence-corrected chi connectivity index (χ4v) is 2.17. The molecule has 0 saturated carbocycles. The lowest BCUT2D eigenvalue weighted by molar-refractivity contribution is -0.249. The van der Waals surface area contributed by atoms with Gasteiger partial charge in [0.25, 0.3) is 0 Å². The Bertz CT molecular complexity index is 294. The molecule has 2 rings (SSSR count). The quantitative estimate of drug-likeness (QED) is 0.784. The van der Waals surface area contributed by atoms with Gasteiger partial charge in [-0.15, -0.1) is 0 Å². The van der Waals surface area contributed by atoms with E-state index in [-0.39, 0.29) is 6.29 Å². The minimum absolute atomic E-state index is 0.304. The van der Waals surface area contributed by atoms with Crippen LogP contribution in [-0.2, 0) is 9.47 Å². The van der Waals surface area contributed by atoms with Crippen LogP contribution < -0.4 is 0 Å². The highest BCUT2D eigenvalue weighted by atomic mass is 16.7. The van der Waals surface area contributed by atoms with Gasteiger partial charge in [-0.1, -0.05) is 20.3 Å². The molecule has 16 heavy (non-hydrogen) atoms. The van der Waals surface area contributed by atoms with Gasteiger partial charge in [-0.25, -0.2) is 0 Å². The monoisotopic (exact) mass is 224 g/mol. The van der Waals surface area contributed by atoms with Crippen LogP contribution in [0.25, 0.3) is 0 Å². The molecule has 0 radical (unpaired) electrons. The average Bonchev–Trinajstić information content (AvgIpc) is 2.83. The maximum Gasteiger partial charge on any atom is 0.217 e. The maximum atomic E-state index is 5.96. The molecule has 0 aliphatic carbocycles. The van der Waals surface area contributed by atoms with Gasteiger partial charge in [-0.2, -0.15) is 0 Å². The zero-order chi connectivity index (χ0) is 11.4. The SMILES string of the molecule is CCC[C@H]1O[C@@H](c2ccco2)OC[C@@H]1CC. The number of ether oxygens (including phenoxy) is 2. The van der Waals surface area contributed by atoms with Crippen molar-refractivity contribution in [2.24, 2.45) is 5.92 Å². The van der Waals surface area contributed by atoms with E-state index in [2.05, 4.69) is 13.8 Å². The van der Waals surface area contributed by atoms with Crippen molar-refractivity contribution < 1.29 is 13.9 Å². The van der Waals surface area contributed by atoms with Gasteiger partial charge >= 0.3 is 0 Å². The Balaban J connectivity index is 2.00. The summed E-state index contributed by atoms with van der Waals surface area (Å²) >= 11 is 0. The van der Waals surface area contributed by atoms with Crippen molar-refractivity contribution in [1.29, 1.82) is 0 Å². The first-order valence-electron chi connectivity index (χ1n) is 6.15. The van der Waals surface area contributed by atoms with Crippen LogP contribution in [0.4, 0.5) is 0 Å². The van der Waals surface area contributed by atoms with Crippen LogP contribution in [0.3, 0.4) is 0 Å². The number of hydrogen-bond donors (Lipinski definition) is 0. The molecule has 0 unspecified atom stereocenters. The number of hydrogen-bond acceptors (Lipinski definition) is 3. The van der Waals surface area contributed by atoms with E-state index in [1.54, 1.807) is 6.26 Å². The first-order valence-corrected chi connectivity index (χ1v) is 6.15. The Morgan fingerprint density at radius 2 is 2.25 bits per heavy atom. The summed E-state index contributed by atoms with van der Waals surface area (Å²) in [6.07, 6.45) is 5.00. The first kappa shape index (κ1) is 11.7. The van der Waals surface area contributed by atoms with Gasteiger partial charge in [0.15, 0.2) is 5.76 Å². The third-order valence-corrected chi connectivity index (χ3v) is 3.16. The molecular formula is C13H20O3. The highest BCUT2D eigenvalue weighted by molar-refractivity contribution is 5.00. The van der Waals surface area contributed by atoms with Crippen LogP contribution in [0.15, 0.2) is 22.8 Å². The number of furan rings is 1. The van der Waals surface area contributed by atoms with Crippen molar-refractivity contribution in [3.8, 4) is 0 Å². The molecule has 1 aliphatic heterocycles. The second kappa shape index (κ2) is 5.51. The molecule has 1 fully saturated rings. The Hall–Kier alpha value is -0.800. The first-order chi connectivity index (χ1) is 7.85. The molecule has 0 amide bonds. The van der Waals surface area contributed by atoms with Crippen molar-refractivity contribution in [3.63, 3.8) is 0 Å². The summed E-state index contributed by atoms with van der Waals surface area (Å²) in [4.78, 5) is 0. The lowest BCUT2D eigenvalue weighted by atomic mass is 9.96. The van der Waals surface area contributed by atoms with Crippen molar-refractivity contribution in [2.45, 2.75) is 45.5 Å². The molecule has 0 bridgehead atoms. The minimum Gasteiger partial charge on any atom is -0.464 e. The molecule has 2 heterocycles. The summed E-state index contributed by atoms with van der Waals surface area (Å²) in [5.74, 6) is 1.29. The molecule has 90 valence electrons. The molecule has 3 nitrogen and oxygen atoms in total. The zero-order valence-corrected chi connectivity index (χ0v) is 10.0. The van der Waals surface area contributed by atoms with Crippen LogP contribution in [0, 0.1) is 5.92 Å². The van der Waals surface area contributed by atoms with Crippen molar-refractivity contribution in [1.82, 2.24) is 0 Å². The van der Waals surface area contributed by atoms with Crippen LogP contribution >= 0.6 is 0 Å². The molecule has 3 atom stereocenters. The van der Waals surface area contributed by atoms with Crippen LogP contribution in [-0.4, -0.2) is 12.7 Å². The molecule has 3 heteroatoms. The van der Waals surface area contributed by atoms with Gasteiger partial charge < -0.3 is 13.9 Å². The molecule has 1 aromatic rings. The Morgan fingerprint density at radius 3 is 2.88 bits per heavy atom. The van der Waals surface area contributed by atoms with E-state index >= 15 is 0 Å². The van der Waals surface area contributed by atoms with E-state index in [0.29, 0.717) is 12.0 Å². The van der Waals surface area contributed by atoms with E-state index in [4.69, 9.17) is 13.9 Å². The largest absolute Gasteiger partial charge is 0.464 e. The van der Waals surface area contributed by atoms with Crippen molar-refractivity contribution >= 4 is 0 Å². The van der Waals surface area contributed by atoms with Crippen molar-refractivity contribution in [3.05, 3.63) is 24.2 Å². The Labute approximate surface area is 96.7 Å². The predicted octanol–water partition coefficient (Wildman–Crippen LogP) is 3.52. The summed E-state index contributed by atoms with van der Waals surface area (Å²) in [5.41, 5.74) is 0. The standard InChI is InChI=1S/C13H20O3/c1-3-6-11-10(4-2)9-15-13(16-11)12-7-5-8-14-12/h5,7-8,10-11,13H,3-4,6,9H2,1-2H3/t10-,11+,13-/m0/s1. The third-order valence-electron chi connectivity index (χ3n) is 3.16.